The molecule has 2 rings (SSSR count). The van der Waals surface area contributed by atoms with Crippen LogP contribution in [0, 0.1) is 0 Å². The summed E-state index contributed by atoms with van der Waals surface area (Å²) in [6, 6.07) is 0. The number of aromatic nitrogens is 3. The maximum atomic E-state index is 10.7. The molecular weight excluding hydrogens is 170 g/mol. The molecule has 2 aromatic rings. The average Bonchev–Trinajstić information content (AvgIpc) is 2.17. The lowest BCUT2D eigenvalue weighted by molar-refractivity contribution is 0.0698. The van der Waals surface area contributed by atoms with Gasteiger partial charge in [-0.05, 0) is 0 Å². The third-order valence-corrected chi connectivity index (χ3v) is 1.61. The first-order valence-electron chi connectivity index (χ1n) is 3.57. The second-order valence-corrected chi connectivity index (χ2v) is 2.42. The number of nitrogens with zero attached hydrogens (tertiary/aromatic N) is 3. The molecule has 0 aromatic carbocycles. The number of rotatable bonds is 1. The van der Waals surface area contributed by atoms with E-state index >= 15 is 0 Å². The van der Waals surface area contributed by atoms with Crippen molar-refractivity contribution in [2.75, 3.05) is 0 Å². The van der Waals surface area contributed by atoms with E-state index in [-0.39, 0.29) is 5.56 Å². The van der Waals surface area contributed by atoms with Crippen LogP contribution in [0.2, 0.25) is 0 Å². The Balaban J connectivity index is 2.83. The molecule has 0 atom stereocenters. The molecule has 5 heteroatoms. The van der Waals surface area contributed by atoms with Crippen molar-refractivity contribution in [2.24, 2.45) is 0 Å². The molecule has 0 bridgehead atoms. The molecule has 0 saturated heterocycles. The van der Waals surface area contributed by atoms with Crippen LogP contribution in [0.25, 0.3) is 11.0 Å². The maximum Gasteiger partial charge on any atom is 0.339 e. The monoisotopic (exact) mass is 175 g/mol. The smallest absolute Gasteiger partial charge is 0.339 e. The Hall–Kier alpha value is -2.04. The van der Waals surface area contributed by atoms with Crippen LogP contribution in [0.4, 0.5) is 0 Å². The molecule has 5 nitrogen and oxygen atoms in total. The highest BCUT2D eigenvalue weighted by Crippen LogP contribution is 2.11. The van der Waals surface area contributed by atoms with Crippen LogP contribution in [0.5, 0.6) is 0 Å². The SMILES string of the molecule is O=C(O)c1cncc2nccnc12. The van der Waals surface area contributed by atoms with Crippen LogP contribution in [-0.2, 0) is 0 Å². The molecule has 13 heavy (non-hydrogen) atoms. The summed E-state index contributed by atoms with van der Waals surface area (Å²) < 4.78 is 0. The number of carboxylic acids is 1. The van der Waals surface area contributed by atoms with Gasteiger partial charge in [0.05, 0.1) is 6.20 Å². The molecule has 0 aliphatic heterocycles. The highest BCUT2D eigenvalue weighted by atomic mass is 16.4. The van der Waals surface area contributed by atoms with Gasteiger partial charge in [0.2, 0.25) is 0 Å². The van der Waals surface area contributed by atoms with Crippen molar-refractivity contribution >= 4 is 17.0 Å². The molecule has 0 unspecified atom stereocenters. The molecule has 0 spiro atoms. The van der Waals surface area contributed by atoms with Crippen LogP contribution in [-0.4, -0.2) is 26.0 Å². The molecule has 2 aromatic heterocycles. The molecule has 0 fully saturated rings. The van der Waals surface area contributed by atoms with Gasteiger partial charge < -0.3 is 5.11 Å². The summed E-state index contributed by atoms with van der Waals surface area (Å²) in [5.74, 6) is -1.04. The van der Waals surface area contributed by atoms with Gasteiger partial charge in [-0.3, -0.25) is 15.0 Å². The van der Waals surface area contributed by atoms with Gasteiger partial charge in [0.15, 0.2) is 0 Å². The zero-order valence-corrected chi connectivity index (χ0v) is 6.51. The highest BCUT2D eigenvalue weighted by molar-refractivity contribution is 5.99. The molecule has 0 aliphatic carbocycles. The number of carbonyl (C=O) groups is 1. The van der Waals surface area contributed by atoms with E-state index in [2.05, 4.69) is 15.0 Å². The van der Waals surface area contributed by atoms with Crippen molar-refractivity contribution in [3.05, 3.63) is 30.4 Å². The maximum absolute atomic E-state index is 10.7. The zero-order chi connectivity index (χ0) is 9.26. The molecule has 0 aliphatic rings. The lowest BCUT2D eigenvalue weighted by atomic mass is 10.2. The lowest BCUT2D eigenvalue weighted by Gasteiger charge is -1.97. The fourth-order valence-corrected chi connectivity index (χ4v) is 1.05. The van der Waals surface area contributed by atoms with Gasteiger partial charge in [0.1, 0.15) is 16.6 Å². The standard InChI is InChI=1S/C8H5N3O2/c12-8(13)5-3-9-4-6-7(5)11-2-1-10-6/h1-4H,(H,12,13). The van der Waals surface area contributed by atoms with Crippen molar-refractivity contribution in [1.82, 2.24) is 15.0 Å². The average molecular weight is 175 g/mol. The van der Waals surface area contributed by atoms with Gasteiger partial charge in [0.25, 0.3) is 0 Å². The zero-order valence-electron chi connectivity index (χ0n) is 6.51. The first-order valence-corrected chi connectivity index (χ1v) is 3.57. The Morgan fingerprint density at radius 2 is 2.00 bits per heavy atom. The lowest BCUT2D eigenvalue weighted by Crippen LogP contribution is -2.00. The van der Waals surface area contributed by atoms with Crippen LogP contribution < -0.4 is 0 Å². The van der Waals surface area contributed by atoms with Crippen molar-refractivity contribution in [3.63, 3.8) is 0 Å². The number of aromatic carboxylic acids is 1. The van der Waals surface area contributed by atoms with Crippen LogP contribution in [0.15, 0.2) is 24.8 Å². The van der Waals surface area contributed by atoms with Crippen molar-refractivity contribution < 1.29 is 9.90 Å². The predicted molar refractivity (Wildman–Crippen MR) is 44.3 cm³/mol. The molecule has 0 radical (unpaired) electrons. The Kier molecular flexibility index (Phi) is 1.63. The number of hydrogen-bond acceptors (Lipinski definition) is 4. The van der Waals surface area contributed by atoms with Gasteiger partial charge in [-0.15, -0.1) is 0 Å². The van der Waals surface area contributed by atoms with Crippen LogP contribution in [0.3, 0.4) is 0 Å². The summed E-state index contributed by atoms with van der Waals surface area (Å²) in [5.41, 5.74) is 0.929. The first kappa shape index (κ1) is 7.60. The van der Waals surface area contributed by atoms with E-state index in [1.54, 1.807) is 0 Å². The van der Waals surface area contributed by atoms with E-state index in [4.69, 9.17) is 5.11 Å². The van der Waals surface area contributed by atoms with Gasteiger partial charge >= 0.3 is 5.97 Å². The van der Waals surface area contributed by atoms with E-state index in [1.165, 1.54) is 24.8 Å². The molecule has 1 N–H and O–H groups in total. The van der Waals surface area contributed by atoms with Gasteiger partial charge in [0, 0.05) is 18.6 Å². The Morgan fingerprint density at radius 1 is 1.23 bits per heavy atom. The van der Waals surface area contributed by atoms with E-state index in [0.29, 0.717) is 11.0 Å². The summed E-state index contributed by atoms with van der Waals surface area (Å²) in [4.78, 5) is 22.3. The van der Waals surface area contributed by atoms with E-state index in [1.807, 2.05) is 0 Å². The van der Waals surface area contributed by atoms with Crippen LogP contribution >= 0.6 is 0 Å². The largest absolute Gasteiger partial charge is 0.478 e. The van der Waals surface area contributed by atoms with E-state index in [0.717, 1.165) is 0 Å². The number of carboxylic acid groups (broad SMARTS) is 1. The number of fused-ring (bicyclic) bond motifs is 1. The normalized spacial score (nSPS) is 10.2. The minimum atomic E-state index is -1.04. The Labute approximate surface area is 73.1 Å². The number of pyridine rings is 1. The van der Waals surface area contributed by atoms with Crippen molar-refractivity contribution in [3.8, 4) is 0 Å². The minimum Gasteiger partial charge on any atom is -0.478 e. The predicted octanol–water partition coefficient (Wildman–Crippen LogP) is 0.723. The van der Waals surface area contributed by atoms with Crippen LogP contribution in [0.1, 0.15) is 10.4 Å². The quantitative estimate of drug-likeness (QED) is 0.691. The minimum absolute atomic E-state index is 0.0746. The second kappa shape index (κ2) is 2.78. The van der Waals surface area contributed by atoms with E-state index < -0.39 is 5.97 Å². The first-order chi connectivity index (χ1) is 6.29. The Morgan fingerprint density at radius 3 is 2.77 bits per heavy atom. The summed E-state index contributed by atoms with van der Waals surface area (Å²) in [7, 11) is 0. The fraction of sp³-hybridized carbons (Fsp3) is 0. The topological polar surface area (TPSA) is 76.0 Å². The van der Waals surface area contributed by atoms with Crippen molar-refractivity contribution in [1.29, 1.82) is 0 Å². The summed E-state index contributed by atoms with van der Waals surface area (Å²) in [6.45, 7) is 0. The summed E-state index contributed by atoms with van der Waals surface area (Å²) in [6.07, 6.45) is 5.69. The van der Waals surface area contributed by atoms with Crippen molar-refractivity contribution in [2.45, 2.75) is 0 Å². The molecule has 2 heterocycles. The number of hydrogen-bond donors (Lipinski definition) is 1. The summed E-state index contributed by atoms with van der Waals surface area (Å²) in [5, 5.41) is 8.78. The summed E-state index contributed by atoms with van der Waals surface area (Å²) >= 11 is 0. The van der Waals surface area contributed by atoms with Gasteiger partial charge in [-0.2, -0.15) is 0 Å². The second-order valence-electron chi connectivity index (χ2n) is 2.42. The van der Waals surface area contributed by atoms with E-state index in [9.17, 15) is 4.79 Å². The van der Waals surface area contributed by atoms with Gasteiger partial charge in [-0.25, -0.2) is 4.79 Å². The van der Waals surface area contributed by atoms with Gasteiger partial charge in [-0.1, -0.05) is 0 Å². The highest BCUT2D eigenvalue weighted by Gasteiger charge is 2.09. The third-order valence-electron chi connectivity index (χ3n) is 1.61. The molecular formula is C8H5N3O2. The third kappa shape index (κ3) is 1.20. The molecule has 64 valence electrons. The fourth-order valence-electron chi connectivity index (χ4n) is 1.05. The molecule has 0 amide bonds. The Bertz CT molecular complexity index is 464. The molecule has 0 saturated carbocycles.